The van der Waals surface area contributed by atoms with Gasteiger partial charge in [-0.3, -0.25) is 4.98 Å². The van der Waals surface area contributed by atoms with Crippen LogP contribution in [-0.4, -0.2) is 21.5 Å². The SMILES string of the molecule is CCc1ccc(CCNc2nc(-c3ccncc3)nc3c2CNC3)cc1. The number of anilines is 1. The van der Waals surface area contributed by atoms with E-state index in [9.17, 15) is 0 Å². The van der Waals surface area contributed by atoms with Crippen molar-refractivity contribution in [3.05, 3.63) is 71.2 Å². The normalized spacial score (nSPS) is 12.8. The van der Waals surface area contributed by atoms with Crippen LogP contribution in [0.1, 0.15) is 29.3 Å². The Bertz CT molecular complexity index is 875. The second-order valence-corrected chi connectivity index (χ2v) is 6.51. The fourth-order valence-electron chi connectivity index (χ4n) is 3.21. The Morgan fingerprint density at radius 3 is 2.50 bits per heavy atom. The van der Waals surface area contributed by atoms with Gasteiger partial charge in [-0.2, -0.15) is 0 Å². The lowest BCUT2D eigenvalue weighted by molar-refractivity contribution is 0.758. The van der Waals surface area contributed by atoms with E-state index in [1.165, 1.54) is 16.7 Å². The standard InChI is InChI=1S/C21H23N5/c1-2-15-3-5-16(6-4-15)7-12-24-21-18-13-23-14-19(18)25-20(26-21)17-8-10-22-11-9-17/h3-6,8-11,23H,2,7,12-14H2,1H3,(H,24,25,26). The zero-order chi connectivity index (χ0) is 17.8. The van der Waals surface area contributed by atoms with Crippen LogP contribution in [0.25, 0.3) is 11.4 Å². The molecule has 0 bridgehead atoms. The molecule has 5 nitrogen and oxygen atoms in total. The molecule has 1 aliphatic heterocycles. The van der Waals surface area contributed by atoms with Crippen LogP contribution in [0.3, 0.4) is 0 Å². The average molecular weight is 345 g/mol. The minimum atomic E-state index is 0.754. The first kappa shape index (κ1) is 16.7. The molecular weight excluding hydrogens is 322 g/mol. The fourth-order valence-corrected chi connectivity index (χ4v) is 3.21. The number of nitrogens with one attached hydrogen (secondary N) is 2. The first-order chi connectivity index (χ1) is 12.8. The van der Waals surface area contributed by atoms with Gasteiger partial charge in [-0.1, -0.05) is 31.2 Å². The second kappa shape index (κ2) is 7.62. The number of rotatable bonds is 6. The maximum atomic E-state index is 4.78. The Kier molecular flexibility index (Phi) is 4.88. The molecule has 1 aliphatic rings. The number of aryl methyl sites for hydroxylation is 1. The third kappa shape index (κ3) is 3.58. The van der Waals surface area contributed by atoms with Crippen LogP contribution in [0.15, 0.2) is 48.8 Å². The number of hydrogen-bond acceptors (Lipinski definition) is 5. The molecule has 0 atom stereocenters. The molecule has 5 heteroatoms. The summed E-state index contributed by atoms with van der Waals surface area (Å²) in [6.45, 7) is 4.65. The summed E-state index contributed by atoms with van der Waals surface area (Å²) < 4.78 is 0. The van der Waals surface area contributed by atoms with Crippen molar-refractivity contribution in [2.24, 2.45) is 0 Å². The highest BCUT2D eigenvalue weighted by Crippen LogP contribution is 2.25. The van der Waals surface area contributed by atoms with Crippen LogP contribution in [0.4, 0.5) is 5.82 Å². The quantitative estimate of drug-likeness (QED) is 0.717. The Hall–Kier alpha value is -2.79. The number of nitrogens with zero attached hydrogens (tertiary/aromatic N) is 3. The number of fused-ring (bicyclic) bond motifs is 1. The van der Waals surface area contributed by atoms with Gasteiger partial charge in [0.1, 0.15) is 5.82 Å². The van der Waals surface area contributed by atoms with Crippen LogP contribution in [-0.2, 0) is 25.9 Å². The van der Waals surface area contributed by atoms with E-state index in [1.54, 1.807) is 12.4 Å². The minimum absolute atomic E-state index is 0.754. The van der Waals surface area contributed by atoms with E-state index >= 15 is 0 Å². The van der Waals surface area contributed by atoms with Crippen LogP contribution in [0, 0.1) is 0 Å². The lowest BCUT2D eigenvalue weighted by Gasteiger charge is -2.12. The topological polar surface area (TPSA) is 62.7 Å². The van der Waals surface area contributed by atoms with Crippen LogP contribution in [0.2, 0.25) is 0 Å². The van der Waals surface area contributed by atoms with E-state index < -0.39 is 0 Å². The maximum Gasteiger partial charge on any atom is 0.161 e. The summed E-state index contributed by atoms with van der Waals surface area (Å²) in [5, 5.41) is 6.90. The number of pyridine rings is 1. The van der Waals surface area contributed by atoms with Gasteiger partial charge >= 0.3 is 0 Å². The number of benzene rings is 1. The maximum absolute atomic E-state index is 4.78. The zero-order valence-corrected chi connectivity index (χ0v) is 15.0. The Balaban J connectivity index is 1.51. The molecular formula is C21H23N5. The van der Waals surface area contributed by atoms with Crippen LogP contribution < -0.4 is 10.6 Å². The molecule has 132 valence electrons. The van der Waals surface area contributed by atoms with Gasteiger partial charge in [0.25, 0.3) is 0 Å². The van der Waals surface area contributed by atoms with Gasteiger partial charge in [0.15, 0.2) is 5.82 Å². The van der Waals surface area contributed by atoms with Crippen molar-refractivity contribution in [3.8, 4) is 11.4 Å². The van der Waals surface area contributed by atoms with Gasteiger partial charge in [0.2, 0.25) is 0 Å². The van der Waals surface area contributed by atoms with E-state index in [2.05, 4.69) is 46.8 Å². The first-order valence-electron chi connectivity index (χ1n) is 9.16. The Morgan fingerprint density at radius 2 is 1.73 bits per heavy atom. The van der Waals surface area contributed by atoms with Gasteiger partial charge in [0, 0.05) is 43.2 Å². The molecule has 0 aliphatic carbocycles. The van der Waals surface area contributed by atoms with Crippen molar-refractivity contribution in [1.29, 1.82) is 0 Å². The van der Waals surface area contributed by atoms with Gasteiger partial charge in [-0.15, -0.1) is 0 Å². The highest BCUT2D eigenvalue weighted by atomic mass is 15.1. The first-order valence-corrected chi connectivity index (χ1v) is 9.16. The highest BCUT2D eigenvalue weighted by Gasteiger charge is 2.19. The van der Waals surface area contributed by atoms with Crippen molar-refractivity contribution in [3.63, 3.8) is 0 Å². The largest absolute Gasteiger partial charge is 0.369 e. The molecule has 0 saturated heterocycles. The summed E-state index contributed by atoms with van der Waals surface area (Å²) in [5.41, 5.74) is 5.98. The Labute approximate surface area is 153 Å². The van der Waals surface area contributed by atoms with Gasteiger partial charge in [0.05, 0.1) is 5.69 Å². The second-order valence-electron chi connectivity index (χ2n) is 6.51. The van der Waals surface area contributed by atoms with Crippen molar-refractivity contribution < 1.29 is 0 Å². The van der Waals surface area contributed by atoms with Crippen molar-refractivity contribution in [2.45, 2.75) is 32.9 Å². The van der Waals surface area contributed by atoms with Gasteiger partial charge in [-0.25, -0.2) is 9.97 Å². The van der Waals surface area contributed by atoms with Gasteiger partial charge < -0.3 is 10.6 Å². The molecule has 26 heavy (non-hydrogen) atoms. The highest BCUT2D eigenvalue weighted by molar-refractivity contribution is 5.60. The Morgan fingerprint density at radius 1 is 0.962 bits per heavy atom. The predicted octanol–water partition coefficient (Wildman–Crippen LogP) is 3.36. The summed E-state index contributed by atoms with van der Waals surface area (Å²) in [6.07, 6.45) is 5.60. The monoisotopic (exact) mass is 345 g/mol. The summed E-state index contributed by atoms with van der Waals surface area (Å²) in [7, 11) is 0. The summed E-state index contributed by atoms with van der Waals surface area (Å²) >= 11 is 0. The van der Waals surface area contributed by atoms with Crippen molar-refractivity contribution in [1.82, 2.24) is 20.3 Å². The lowest BCUT2D eigenvalue weighted by atomic mass is 10.1. The van der Waals surface area contributed by atoms with E-state index in [-0.39, 0.29) is 0 Å². The van der Waals surface area contributed by atoms with Crippen LogP contribution >= 0.6 is 0 Å². The predicted molar refractivity (Wildman–Crippen MR) is 104 cm³/mol. The summed E-state index contributed by atoms with van der Waals surface area (Å²) in [5.74, 6) is 1.70. The fraction of sp³-hybridized carbons (Fsp3) is 0.286. The van der Waals surface area contributed by atoms with Crippen molar-refractivity contribution in [2.75, 3.05) is 11.9 Å². The van der Waals surface area contributed by atoms with Crippen LogP contribution in [0.5, 0.6) is 0 Å². The third-order valence-corrected chi connectivity index (χ3v) is 4.76. The van der Waals surface area contributed by atoms with E-state index in [0.717, 1.165) is 55.4 Å². The molecule has 1 aromatic carbocycles. The zero-order valence-electron chi connectivity index (χ0n) is 15.0. The average Bonchev–Trinajstić information content (AvgIpc) is 3.18. The molecule has 0 unspecified atom stereocenters. The summed E-state index contributed by atoms with van der Waals surface area (Å²) in [4.78, 5) is 13.6. The molecule has 3 aromatic rings. The molecule has 3 heterocycles. The molecule has 0 amide bonds. The lowest BCUT2D eigenvalue weighted by Crippen LogP contribution is -2.11. The molecule has 0 spiro atoms. The third-order valence-electron chi connectivity index (χ3n) is 4.76. The number of aromatic nitrogens is 3. The minimum Gasteiger partial charge on any atom is -0.369 e. The summed E-state index contributed by atoms with van der Waals surface area (Å²) in [6, 6.07) is 12.8. The molecule has 0 fully saturated rings. The molecule has 4 rings (SSSR count). The molecule has 2 N–H and O–H groups in total. The van der Waals surface area contributed by atoms with E-state index in [1.807, 2.05) is 12.1 Å². The van der Waals surface area contributed by atoms with Gasteiger partial charge in [-0.05, 0) is 36.1 Å². The molecule has 0 radical (unpaired) electrons. The number of hydrogen-bond donors (Lipinski definition) is 2. The molecule has 2 aromatic heterocycles. The van der Waals surface area contributed by atoms with E-state index in [0.29, 0.717) is 0 Å². The smallest absolute Gasteiger partial charge is 0.161 e. The molecule has 0 saturated carbocycles. The van der Waals surface area contributed by atoms with E-state index in [4.69, 9.17) is 9.97 Å². The van der Waals surface area contributed by atoms with Crippen molar-refractivity contribution >= 4 is 5.82 Å².